The quantitative estimate of drug-likeness (QED) is 0.470. The number of fused-ring (bicyclic) bond motifs is 2. The van der Waals surface area contributed by atoms with Gasteiger partial charge in [-0.05, 0) is 43.9 Å². The second kappa shape index (κ2) is 8.67. The molecule has 1 aromatic heterocycles. The van der Waals surface area contributed by atoms with Crippen LogP contribution in [0.1, 0.15) is 54.3 Å². The molecular weight excluding hydrogens is 468 g/mol. The van der Waals surface area contributed by atoms with Crippen LogP contribution < -0.4 is 0 Å². The lowest BCUT2D eigenvalue weighted by Gasteiger charge is -2.58. The van der Waals surface area contributed by atoms with Crippen molar-refractivity contribution in [3.05, 3.63) is 59.5 Å². The van der Waals surface area contributed by atoms with E-state index in [0.717, 1.165) is 0 Å². The summed E-state index contributed by atoms with van der Waals surface area (Å²) in [5, 5.41) is 24.2. The molecule has 1 spiro atoms. The number of hydrogen-bond acceptors (Lipinski definition) is 9. The van der Waals surface area contributed by atoms with Crippen molar-refractivity contribution >= 4 is 23.5 Å². The summed E-state index contributed by atoms with van der Waals surface area (Å²) >= 11 is 0. The molecule has 0 saturated heterocycles. The molecule has 0 bridgehead atoms. The first-order chi connectivity index (χ1) is 17.2. The first-order valence-corrected chi connectivity index (χ1v) is 12.2. The molecule has 2 N–H and O–H groups in total. The van der Waals surface area contributed by atoms with Gasteiger partial charge < -0.3 is 24.1 Å². The molecule has 2 fully saturated rings. The van der Waals surface area contributed by atoms with Crippen LogP contribution in [-0.2, 0) is 29.5 Å². The van der Waals surface area contributed by atoms with Gasteiger partial charge in [-0.2, -0.15) is 0 Å². The van der Waals surface area contributed by atoms with Crippen molar-refractivity contribution in [2.45, 2.75) is 44.3 Å². The minimum atomic E-state index is -2.12. The van der Waals surface area contributed by atoms with Gasteiger partial charge in [0.25, 0.3) is 0 Å². The molecular formula is C27H28O9. The highest BCUT2D eigenvalue weighted by Gasteiger charge is 2.78. The smallest absolute Gasteiger partial charge is 0.316 e. The number of hydrogen-bond donors (Lipinski definition) is 2. The zero-order valence-electron chi connectivity index (χ0n) is 20.0. The molecule has 0 aliphatic heterocycles. The Bertz CT molecular complexity index is 1220. The van der Waals surface area contributed by atoms with Gasteiger partial charge in [0.15, 0.2) is 11.6 Å². The third-order valence-corrected chi connectivity index (χ3v) is 8.20. The third-order valence-electron chi connectivity index (χ3n) is 8.20. The van der Waals surface area contributed by atoms with Crippen molar-refractivity contribution in [3.63, 3.8) is 0 Å². The van der Waals surface area contributed by atoms with Crippen molar-refractivity contribution in [1.82, 2.24) is 0 Å². The fraction of sp³-hybridized carbons (Fsp3) is 0.481. The Morgan fingerprint density at radius 3 is 2.42 bits per heavy atom. The van der Waals surface area contributed by atoms with Gasteiger partial charge in [-0.15, -0.1) is 0 Å². The Labute approximate surface area is 207 Å². The van der Waals surface area contributed by atoms with E-state index in [2.05, 4.69) is 0 Å². The molecule has 2 saturated carbocycles. The van der Waals surface area contributed by atoms with E-state index in [1.807, 2.05) is 0 Å². The summed E-state index contributed by atoms with van der Waals surface area (Å²) < 4.78 is 16.1. The maximum atomic E-state index is 14.2. The first kappa shape index (κ1) is 24.4. The molecule has 36 heavy (non-hydrogen) atoms. The number of furan rings is 1. The Balaban J connectivity index is 1.77. The Hall–Kier alpha value is -3.30. The largest absolute Gasteiger partial charge is 0.469 e. The van der Waals surface area contributed by atoms with Gasteiger partial charge >= 0.3 is 11.9 Å². The number of benzene rings is 1. The van der Waals surface area contributed by atoms with Gasteiger partial charge in [0.1, 0.15) is 17.3 Å². The SMILES string of the molecule is CCOC(=O)[C@H]1C(=O)C[C@]2(O)c3ccccc3C(=O)[C@@]23[C@H](O)[C@@H](C(=O)OCC)[C@H](c2ccco2)C[C@H]13. The molecule has 0 radical (unpaired) electrons. The van der Waals surface area contributed by atoms with Gasteiger partial charge in [-0.1, -0.05) is 24.3 Å². The molecule has 0 unspecified atom stereocenters. The minimum Gasteiger partial charge on any atom is -0.469 e. The number of Topliss-reactive ketones (excluding diaryl/α,β-unsaturated/α-hetero) is 2. The number of aliphatic hydroxyl groups is 2. The van der Waals surface area contributed by atoms with E-state index in [1.54, 1.807) is 44.2 Å². The van der Waals surface area contributed by atoms with E-state index in [1.165, 1.54) is 12.3 Å². The summed E-state index contributed by atoms with van der Waals surface area (Å²) in [4.78, 5) is 54.1. The molecule has 1 heterocycles. The normalized spacial score (nSPS) is 34.9. The lowest BCUT2D eigenvalue weighted by Crippen LogP contribution is -2.70. The highest BCUT2D eigenvalue weighted by molar-refractivity contribution is 6.12. The molecule has 5 rings (SSSR count). The van der Waals surface area contributed by atoms with Gasteiger partial charge in [0.2, 0.25) is 0 Å². The third kappa shape index (κ3) is 3.02. The van der Waals surface area contributed by atoms with Crippen LogP contribution in [0.3, 0.4) is 0 Å². The van der Waals surface area contributed by atoms with Gasteiger partial charge in [0.05, 0.1) is 36.9 Å². The van der Waals surface area contributed by atoms with Crippen LogP contribution in [-0.4, -0.2) is 53.0 Å². The monoisotopic (exact) mass is 496 g/mol. The predicted molar refractivity (Wildman–Crippen MR) is 123 cm³/mol. The van der Waals surface area contributed by atoms with Gasteiger partial charge in [0, 0.05) is 17.9 Å². The predicted octanol–water partition coefficient (Wildman–Crippen LogP) is 2.15. The number of esters is 2. The maximum absolute atomic E-state index is 14.2. The minimum absolute atomic E-state index is 0.0103. The molecule has 7 atom stereocenters. The number of rotatable bonds is 5. The van der Waals surface area contributed by atoms with E-state index in [0.29, 0.717) is 5.76 Å². The summed E-state index contributed by atoms with van der Waals surface area (Å²) in [7, 11) is 0. The Morgan fingerprint density at radius 2 is 1.75 bits per heavy atom. The van der Waals surface area contributed by atoms with E-state index in [9.17, 15) is 29.4 Å². The van der Waals surface area contributed by atoms with E-state index < -0.39 is 70.7 Å². The van der Waals surface area contributed by atoms with Crippen LogP contribution in [0.15, 0.2) is 47.1 Å². The van der Waals surface area contributed by atoms with Crippen LogP contribution in [0.2, 0.25) is 0 Å². The molecule has 9 heteroatoms. The second-order valence-electron chi connectivity index (χ2n) is 9.66. The second-order valence-corrected chi connectivity index (χ2v) is 9.66. The number of ether oxygens (including phenoxy) is 2. The van der Waals surface area contributed by atoms with Gasteiger partial charge in [-0.3, -0.25) is 19.2 Å². The molecule has 9 nitrogen and oxygen atoms in total. The van der Waals surface area contributed by atoms with Gasteiger partial charge in [-0.25, -0.2) is 0 Å². The van der Waals surface area contributed by atoms with Crippen molar-refractivity contribution in [3.8, 4) is 0 Å². The topological polar surface area (TPSA) is 140 Å². The summed E-state index contributed by atoms with van der Waals surface area (Å²) in [6, 6.07) is 9.57. The highest BCUT2D eigenvalue weighted by Crippen LogP contribution is 2.68. The van der Waals surface area contributed by atoms with Crippen molar-refractivity contribution in [2.24, 2.45) is 23.2 Å². The summed E-state index contributed by atoms with van der Waals surface area (Å²) in [5.74, 6) is -7.08. The molecule has 3 aliphatic carbocycles. The first-order valence-electron chi connectivity index (χ1n) is 12.2. The van der Waals surface area contributed by atoms with E-state index >= 15 is 0 Å². The number of aliphatic hydroxyl groups excluding tert-OH is 1. The standard InChI is InChI=1S/C27H28O9/c1-3-34-24(31)20-15(19-10-7-11-36-19)12-17-21(25(32)35-4-2)18(28)13-26(33)16-9-6-5-8-14(16)22(29)27(17,26)23(20)30/h5-11,15,17,20-21,23,30,33H,3-4,12-13H2,1-2H3/t15-,17+,20-,21+,23+,26-,27-/m0/s1. The zero-order chi connectivity index (χ0) is 25.8. The maximum Gasteiger partial charge on any atom is 0.316 e. The van der Waals surface area contributed by atoms with Crippen LogP contribution in [0, 0.1) is 23.2 Å². The molecule has 0 amide bonds. The van der Waals surface area contributed by atoms with Crippen molar-refractivity contribution in [1.29, 1.82) is 0 Å². The molecule has 2 aromatic rings. The number of carbonyl (C=O) groups is 4. The molecule has 190 valence electrons. The number of carbonyl (C=O) groups excluding carboxylic acids is 4. The molecule has 1 aromatic carbocycles. The van der Waals surface area contributed by atoms with Crippen LogP contribution in [0.4, 0.5) is 0 Å². The summed E-state index contributed by atoms with van der Waals surface area (Å²) in [6.07, 6.45) is -1.00. The fourth-order valence-electron chi connectivity index (χ4n) is 6.94. The lowest BCUT2D eigenvalue weighted by molar-refractivity contribution is -0.220. The lowest BCUT2D eigenvalue weighted by atomic mass is 9.44. The van der Waals surface area contributed by atoms with Crippen molar-refractivity contribution < 1.29 is 43.3 Å². The van der Waals surface area contributed by atoms with Crippen LogP contribution >= 0.6 is 0 Å². The zero-order valence-corrected chi connectivity index (χ0v) is 20.0. The van der Waals surface area contributed by atoms with Crippen molar-refractivity contribution in [2.75, 3.05) is 13.2 Å². The molecule has 3 aliphatic rings. The number of ketones is 2. The highest BCUT2D eigenvalue weighted by atomic mass is 16.5. The average Bonchev–Trinajstić information content (AvgIpc) is 3.44. The summed E-state index contributed by atoms with van der Waals surface area (Å²) in [5.41, 5.74) is -3.80. The fourth-order valence-corrected chi connectivity index (χ4v) is 6.94. The van der Waals surface area contributed by atoms with E-state index in [-0.39, 0.29) is 30.8 Å². The Kier molecular flexibility index (Phi) is 5.88. The van der Waals surface area contributed by atoms with Crippen LogP contribution in [0.5, 0.6) is 0 Å². The van der Waals surface area contributed by atoms with E-state index in [4.69, 9.17) is 13.9 Å². The Morgan fingerprint density at radius 1 is 1.06 bits per heavy atom. The average molecular weight is 497 g/mol. The summed E-state index contributed by atoms with van der Waals surface area (Å²) in [6.45, 7) is 3.27. The van der Waals surface area contributed by atoms with Crippen LogP contribution in [0.25, 0.3) is 0 Å².